The lowest BCUT2D eigenvalue weighted by Crippen LogP contribution is -2.50. The second kappa shape index (κ2) is 7.11. The van der Waals surface area contributed by atoms with Gasteiger partial charge in [0.1, 0.15) is 0 Å². The molecule has 0 unspecified atom stereocenters. The summed E-state index contributed by atoms with van der Waals surface area (Å²) in [5, 5.41) is 4.27. The highest BCUT2D eigenvalue weighted by Gasteiger charge is 2.26. The molecule has 2 aromatic heterocycles. The molecule has 0 bridgehead atoms. The highest BCUT2D eigenvalue weighted by molar-refractivity contribution is 5.95. The number of piperazine rings is 1. The largest absolute Gasteiger partial charge is 0.459 e. The van der Waals surface area contributed by atoms with Crippen LogP contribution in [-0.2, 0) is 0 Å². The van der Waals surface area contributed by atoms with Crippen molar-refractivity contribution in [1.29, 1.82) is 0 Å². The Kier molecular flexibility index (Phi) is 4.50. The molecular weight excluding hydrogens is 344 g/mol. The Morgan fingerprint density at radius 1 is 0.926 bits per heavy atom. The van der Waals surface area contributed by atoms with Crippen LogP contribution in [-0.4, -0.2) is 57.6 Å². The third-order valence-corrected chi connectivity index (χ3v) is 4.78. The fourth-order valence-corrected chi connectivity index (χ4v) is 3.24. The molecule has 3 heterocycles. The van der Waals surface area contributed by atoms with E-state index < -0.39 is 0 Å². The summed E-state index contributed by atoms with van der Waals surface area (Å²) in [6.45, 7) is 3.98. The van der Waals surface area contributed by atoms with E-state index in [0.717, 1.165) is 11.4 Å². The Morgan fingerprint density at radius 3 is 2.15 bits per heavy atom. The number of rotatable bonds is 3. The summed E-state index contributed by atoms with van der Waals surface area (Å²) < 4.78 is 6.99. The van der Waals surface area contributed by atoms with Gasteiger partial charge in [0.15, 0.2) is 5.76 Å². The number of carbonyl (C=O) groups is 2. The van der Waals surface area contributed by atoms with Crippen molar-refractivity contribution in [3.63, 3.8) is 0 Å². The summed E-state index contributed by atoms with van der Waals surface area (Å²) in [6, 6.07) is 12.7. The van der Waals surface area contributed by atoms with Gasteiger partial charge in [-0.1, -0.05) is 0 Å². The van der Waals surface area contributed by atoms with Crippen LogP contribution in [0.15, 0.2) is 59.3 Å². The Hall–Kier alpha value is -3.35. The van der Waals surface area contributed by atoms with Gasteiger partial charge in [0.05, 0.1) is 12.0 Å². The van der Waals surface area contributed by atoms with E-state index in [0.29, 0.717) is 37.5 Å². The molecule has 1 fully saturated rings. The Bertz CT molecular complexity index is 936. The average Bonchev–Trinajstić information content (AvgIpc) is 3.39. The summed E-state index contributed by atoms with van der Waals surface area (Å²) >= 11 is 0. The number of benzene rings is 1. The fourth-order valence-electron chi connectivity index (χ4n) is 3.24. The van der Waals surface area contributed by atoms with Crippen molar-refractivity contribution in [2.45, 2.75) is 6.92 Å². The Morgan fingerprint density at radius 2 is 1.59 bits per heavy atom. The third kappa shape index (κ3) is 3.36. The van der Waals surface area contributed by atoms with Crippen LogP contribution in [0, 0.1) is 6.92 Å². The summed E-state index contributed by atoms with van der Waals surface area (Å²) in [5.74, 6) is 0.175. The number of amides is 2. The molecule has 1 saturated heterocycles. The Balaban J connectivity index is 1.39. The number of aromatic nitrogens is 2. The van der Waals surface area contributed by atoms with Gasteiger partial charge in [-0.15, -0.1) is 0 Å². The molecule has 138 valence electrons. The zero-order valence-corrected chi connectivity index (χ0v) is 15.0. The first kappa shape index (κ1) is 17.1. The van der Waals surface area contributed by atoms with Crippen LogP contribution < -0.4 is 0 Å². The maximum Gasteiger partial charge on any atom is 0.289 e. The molecule has 2 amide bonds. The molecule has 7 heteroatoms. The van der Waals surface area contributed by atoms with Gasteiger partial charge in [0, 0.05) is 43.6 Å². The van der Waals surface area contributed by atoms with E-state index in [1.54, 1.807) is 28.1 Å². The van der Waals surface area contributed by atoms with Gasteiger partial charge in [0.25, 0.3) is 11.8 Å². The molecule has 27 heavy (non-hydrogen) atoms. The molecular formula is C20H20N4O3. The average molecular weight is 364 g/mol. The van der Waals surface area contributed by atoms with Crippen LogP contribution in [0.4, 0.5) is 0 Å². The summed E-state index contributed by atoms with van der Waals surface area (Å²) in [6.07, 6.45) is 3.24. The van der Waals surface area contributed by atoms with Crippen molar-refractivity contribution in [2.75, 3.05) is 26.2 Å². The number of hydrogen-bond donors (Lipinski definition) is 0. The standard InChI is InChI=1S/C20H20N4O3/c1-15-8-9-21-24(15)17-6-4-16(5-7-17)19(25)22-10-12-23(13-11-22)20(26)18-3-2-14-27-18/h2-9,14H,10-13H2,1H3. The maximum atomic E-state index is 12.8. The SMILES string of the molecule is Cc1ccnn1-c1ccc(C(=O)N2CCN(C(=O)c3ccco3)CC2)cc1. The lowest BCUT2D eigenvalue weighted by Gasteiger charge is -2.34. The van der Waals surface area contributed by atoms with Crippen LogP contribution in [0.25, 0.3) is 5.69 Å². The van der Waals surface area contributed by atoms with Gasteiger partial charge in [-0.05, 0) is 49.4 Å². The molecule has 0 N–H and O–H groups in total. The molecule has 1 aromatic carbocycles. The molecule has 0 saturated carbocycles. The van der Waals surface area contributed by atoms with Gasteiger partial charge in [-0.2, -0.15) is 5.10 Å². The van der Waals surface area contributed by atoms with Gasteiger partial charge in [0.2, 0.25) is 0 Å². The van der Waals surface area contributed by atoms with Crippen LogP contribution in [0.1, 0.15) is 26.6 Å². The molecule has 0 atom stereocenters. The molecule has 3 aromatic rings. The normalized spacial score (nSPS) is 14.4. The lowest BCUT2D eigenvalue weighted by molar-refractivity contribution is 0.0518. The number of nitrogens with zero attached hydrogens (tertiary/aromatic N) is 4. The molecule has 0 spiro atoms. The second-order valence-corrected chi connectivity index (χ2v) is 6.49. The summed E-state index contributed by atoms with van der Waals surface area (Å²) in [5.41, 5.74) is 2.59. The number of furan rings is 1. The van der Waals surface area contributed by atoms with Crippen molar-refractivity contribution in [2.24, 2.45) is 0 Å². The number of aryl methyl sites for hydroxylation is 1. The minimum Gasteiger partial charge on any atom is -0.459 e. The van der Waals surface area contributed by atoms with Gasteiger partial charge >= 0.3 is 0 Å². The first-order valence-electron chi connectivity index (χ1n) is 8.86. The first-order chi connectivity index (χ1) is 13.1. The van der Waals surface area contributed by atoms with E-state index >= 15 is 0 Å². The van der Waals surface area contributed by atoms with E-state index in [1.807, 2.05) is 41.9 Å². The molecule has 1 aliphatic heterocycles. The van der Waals surface area contributed by atoms with Crippen LogP contribution >= 0.6 is 0 Å². The summed E-state index contributed by atoms with van der Waals surface area (Å²) in [4.78, 5) is 28.5. The van der Waals surface area contributed by atoms with E-state index in [2.05, 4.69) is 5.10 Å². The number of hydrogen-bond acceptors (Lipinski definition) is 4. The predicted octanol–water partition coefficient (Wildman–Crippen LogP) is 2.37. The minimum atomic E-state index is -0.133. The third-order valence-electron chi connectivity index (χ3n) is 4.78. The topological polar surface area (TPSA) is 71.6 Å². The van der Waals surface area contributed by atoms with Crippen molar-refractivity contribution < 1.29 is 14.0 Å². The van der Waals surface area contributed by atoms with Crippen LogP contribution in [0.2, 0.25) is 0 Å². The highest BCUT2D eigenvalue weighted by Crippen LogP contribution is 2.15. The van der Waals surface area contributed by atoms with Crippen LogP contribution in [0.3, 0.4) is 0 Å². The van der Waals surface area contributed by atoms with Gasteiger partial charge in [-0.3, -0.25) is 9.59 Å². The lowest BCUT2D eigenvalue weighted by atomic mass is 10.1. The van der Waals surface area contributed by atoms with E-state index in [1.165, 1.54) is 6.26 Å². The van der Waals surface area contributed by atoms with Crippen molar-refractivity contribution in [3.8, 4) is 5.69 Å². The maximum absolute atomic E-state index is 12.8. The van der Waals surface area contributed by atoms with Crippen molar-refractivity contribution in [3.05, 3.63) is 71.9 Å². The summed E-state index contributed by atoms with van der Waals surface area (Å²) in [7, 11) is 0. The monoisotopic (exact) mass is 364 g/mol. The first-order valence-corrected chi connectivity index (χ1v) is 8.86. The minimum absolute atomic E-state index is 0.0242. The number of carbonyl (C=O) groups excluding carboxylic acids is 2. The van der Waals surface area contributed by atoms with Crippen LogP contribution in [0.5, 0.6) is 0 Å². The van der Waals surface area contributed by atoms with E-state index in [9.17, 15) is 9.59 Å². The zero-order chi connectivity index (χ0) is 18.8. The highest BCUT2D eigenvalue weighted by atomic mass is 16.3. The molecule has 1 aliphatic rings. The van der Waals surface area contributed by atoms with Crippen molar-refractivity contribution in [1.82, 2.24) is 19.6 Å². The van der Waals surface area contributed by atoms with E-state index in [-0.39, 0.29) is 11.8 Å². The zero-order valence-electron chi connectivity index (χ0n) is 15.0. The second-order valence-electron chi connectivity index (χ2n) is 6.49. The molecule has 4 rings (SSSR count). The van der Waals surface area contributed by atoms with Crippen molar-refractivity contribution >= 4 is 11.8 Å². The van der Waals surface area contributed by atoms with Gasteiger partial charge < -0.3 is 14.2 Å². The quantitative estimate of drug-likeness (QED) is 0.715. The van der Waals surface area contributed by atoms with Gasteiger partial charge in [-0.25, -0.2) is 4.68 Å². The predicted molar refractivity (Wildman–Crippen MR) is 98.8 cm³/mol. The molecule has 0 aliphatic carbocycles. The smallest absolute Gasteiger partial charge is 0.289 e. The molecule has 0 radical (unpaired) electrons. The Labute approximate surface area is 156 Å². The fraction of sp³-hybridized carbons (Fsp3) is 0.250. The molecule has 7 nitrogen and oxygen atoms in total. The van der Waals surface area contributed by atoms with E-state index in [4.69, 9.17) is 4.42 Å².